The highest BCUT2D eigenvalue weighted by molar-refractivity contribution is 5.85. The molecule has 0 heterocycles. The average molecular weight is 232 g/mol. The summed E-state index contributed by atoms with van der Waals surface area (Å²) in [6, 6.07) is 0. The summed E-state index contributed by atoms with van der Waals surface area (Å²) < 4.78 is 0. The molecule has 0 aliphatic heterocycles. The zero-order valence-corrected chi connectivity index (χ0v) is 9.69. The van der Waals surface area contributed by atoms with Gasteiger partial charge in [-0.25, -0.2) is 9.59 Å². The van der Waals surface area contributed by atoms with Crippen molar-refractivity contribution in [1.29, 1.82) is 0 Å². The van der Waals surface area contributed by atoms with E-state index >= 15 is 0 Å². The van der Waals surface area contributed by atoms with Crippen molar-refractivity contribution < 1.29 is 19.8 Å². The van der Waals surface area contributed by atoms with Crippen molar-refractivity contribution >= 4 is 11.9 Å². The van der Waals surface area contributed by atoms with E-state index in [1.807, 2.05) is 0 Å². The molecule has 6 nitrogen and oxygen atoms in total. The summed E-state index contributed by atoms with van der Waals surface area (Å²) in [5, 5.41) is 15.8. The van der Waals surface area contributed by atoms with E-state index in [2.05, 4.69) is 13.2 Å². The fraction of sp³-hybridized carbons (Fsp3) is 0.400. The number of nitrogens with two attached hydrogens (primary N) is 2. The third-order valence-corrected chi connectivity index (χ3v) is 0.897. The number of hydrogen-bond acceptors (Lipinski definition) is 4. The minimum Gasteiger partial charge on any atom is -0.478 e. The van der Waals surface area contributed by atoms with Crippen LogP contribution in [0.3, 0.4) is 0 Å². The van der Waals surface area contributed by atoms with Gasteiger partial charge in [-0.1, -0.05) is 13.2 Å². The van der Waals surface area contributed by atoms with Crippen LogP contribution in [0.5, 0.6) is 0 Å². The van der Waals surface area contributed by atoms with Crippen molar-refractivity contribution in [3.8, 4) is 0 Å². The Balaban J connectivity index is -0.000000162. The Hall–Kier alpha value is -1.66. The molecule has 0 saturated carbocycles. The summed E-state index contributed by atoms with van der Waals surface area (Å²) in [7, 11) is 0. The van der Waals surface area contributed by atoms with Crippen LogP contribution >= 0.6 is 0 Å². The number of aliphatic carboxylic acids is 2. The molecule has 0 aliphatic carbocycles. The van der Waals surface area contributed by atoms with Crippen LogP contribution in [-0.4, -0.2) is 35.2 Å². The SMILES string of the molecule is C=C(C)C(=O)O.C=C(C)C(=O)O.NCCN. The smallest absolute Gasteiger partial charge is 0.330 e. The van der Waals surface area contributed by atoms with Crippen molar-refractivity contribution in [1.82, 2.24) is 0 Å². The minimum atomic E-state index is -0.935. The third-order valence-electron chi connectivity index (χ3n) is 0.897. The monoisotopic (exact) mass is 232 g/mol. The summed E-state index contributed by atoms with van der Waals surface area (Å²) in [5.74, 6) is -1.87. The lowest BCUT2D eigenvalue weighted by atomic mass is 10.4. The average Bonchev–Trinajstić information content (AvgIpc) is 2.18. The Labute approximate surface area is 95.2 Å². The fourth-order valence-electron chi connectivity index (χ4n) is 0. The summed E-state index contributed by atoms with van der Waals surface area (Å²) in [6.45, 7) is 10.4. The maximum absolute atomic E-state index is 9.60. The first-order valence-corrected chi connectivity index (χ1v) is 4.38. The topological polar surface area (TPSA) is 127 Å². The van der Waals surface area contributed by atoms with Crippen LogP contribution in [0, 0.1) is 0 Å². The van der Waals surface area contributed by atoms with Crippen LogP contribution in [0.15, 0.2) is 24.3 Å². The molecule has 6 heteroatoms. The maximum atomic E-state index is 9.60. The molecule has 0 radical (unpaired) electrons. The summed E-state index contributed by atoms with van der Waals surface area (Å²) in [6.07, 6.45) is 0. The summed E-state index contributed by atoms with van der Waals surface area (Å²) in [4.78, 5) is 19.2. The van der Waals surface area contributed by atoms with Gasteiger partial charge in [-0.15, -0.1) is 0 Å². The van der Waals surface area contributed by atoms with Crippen LogP contribution in [-0.2, 0) is 9.59 Å². The first kappa shape index (κ1) is 19.8. The molecule has 0 atom stereocenters. The van der Waals surface area contributed by atoms with E-state index in [1.54, 1.807) is 0 Å². The molecule has 0 bridgehead atoms. The van der Waals surface area contributed by atoms with E-state index in [4.69, 9.17) is 21.7 Å². The molecule has 0 fully saturated rings. The summed E-state index contributed by atoms with van der Waals surface area (Å²) in [5.41, 5.74) is 10.2. The molecule has 0 amide bonds. The Morgan fingerprint density at radius 3 is 1.06 bits per heavy atom. The van der Waals surface area contributed by atoms with Crippen molar-refractivity contribution in [2.45, 2.75) is 13.8 Å². The van der Waals surface area contributed by atoms with E-state index < -0.39 is 11.9 Å². The fourth-order valence-corrected chi connectivity index (χ4v) is 0. The molecular weight excluding hydrogens is 212 g/mol. The maximum Gasteiger partial charge on any atom is 0.330 e. The Kier molecular flexibility index (Phi) is 16.5. The highest BCUT2D eigenvalue weighted by Gasteiger charge is 1.90. The zero-order chi connectivity index (χ0) is 13.7. The highest BCUT2D eigenvalue weighted by Crippen LogP contribution is 1.81. The first-order valence-electron chi connectivity index (χ1n) is 4.38. The van der Waals surface area contributed by atoms with E-state index in [0.29, 0.717) is 13.1 Å². The lowest BCUT2D eigenvalue weighted by Crippen LogP contribution is -2.11. The Morgan fingerprint density at radius 2 is 1.06 bits per heavy atom. The van der Waals surface area contributed by atoms with Gasteiger partial charge < -0.3 is 21.7 Å². The molecule has 6 N–H and O–H groups in total. The standard InChI is InChI=1S/2C4H6O2.C2H8N2/c2*1-3(2)4(5)6;3-1-2-4/h2*1H2,2H3,(H,5,6);1-4H2. The van der Waals surface area contributed by atoms with Crippen molar-refractivity contribution in [2.24, 2.45) is 11.5 Å². The molecule has 0 spiro atoms. The van der Waals surface area contributed by atoms with Crippen LogP contribution in [0.2, 0.25) is 0 Å². The highest BCUT2D eigenvalue weighted by atomic mass is 16.4. The Morgan fingerprint density at radius 1 is 0.938 bits per heavy atom. The van der Waals surface area contributed by atoms with Gasteiger partial charge in [0.2, 0.25) is 0 Å². The molecule has 0 rings (SSSR count). The summed E-state index contributed by atoms with van der Waals surface area (Å²) >= 11 is 0. The van der Waals surface area contributed by atoms with Crippen LogP contribution < -0.4 is 11.5 Å². The van der Waals surface area contributed by atoms with Gasteiger partial charge in [-0.05, 0) is 13.8 Å². The number of carboxylic acid groups (broad SMARTS) is 2. The van der Waals surface area contributed by atoms with Gasteiger partial charge in [0.1, 0.15) is 0 Å². The second kappa shape index (κ2) is 13.3. The predicted molar refractivity (Wildman–Crippen MR) is 63.0 cm³/mol. The van der Waals surface area contributed by atoms with Crippen molar-refractivity contribution in [3.05, 3.63) is 24.3 Å². The van der Waals surface area contributed by atoms with Crippen molar-refractivity contribution in [3.63, 3.8) is 0 Å². The van der Waals surface area contributed by atoms with Gasteiger partial charge >= 0.3 is 11.9 Å². The third kappa shape index (κ3) is 29.5. The minimum absolute atomic E-state index is 0.176. The number of carboxylic acids is 2. The normalized spacial score (nSPS) is 7.50. The second-order valence-electron chi connectivity index (χ2n) is 2.75. The van der Waals surface area contributed by atoms with E-state index in [-0.39, 0.29) is 11.1 Å². The molecule has 94 valence electrons. The largest absolute Gasteiger partial charge is 0.478 e. The zero-order valence-electron chi connectivity index (χ0n) is 9.69. The predicted octanol–water partition coefficient (Wildman–Crippen LogP) is 0.198. The van der Waals surface area contributed by atoms with E-state index in [9.17, 15) is 9.59 Å². The van der Waals surface area contributed by atoms with E-state index in [0.717, 1.165) is 0 Å². The molecule has 0 unspecified atom stereocenters. The number of hydrogen-bond donors (Lipinski definition) is 4. The van der Waals surface area contributed by atoms with Crippen LogP contribution in [0.1, 0.15) is 13.8 Å². The van der Waals surface area contributed by atoms with Gasteiger partial charge in [-0.2, -0.15) is 0 Å². The lowest BCUT2D eigenvalue weighted by molar-refractivity contribution is -0.133. The van der Waals surface area contributed by atoms with Gasteiger partial charge in [0.15, 0.2) is 0 Å². The molecule has 0 saturated heterocycles. The first-order chi connectivity index (χ1) is 7.20. The molecule has 0 aromatic rings. The van der Waals surface area contributed by atoms with Crippen molar-refractivity contribution in [2.75, 3.05) is 13.1 Å². The second-order valence-corrected chi connectivity index (χ2v) is 2.75. The quantitative estimate of drug-likeness (QED) is 0.515. The number of rotatable bonds is 3. The Bertz CT molecular complexity index is 199. The molecular formula is C10H20N2O4. The van der Waals surface area contributed by atoms with Crippen LogP contribution in [0.4, 0.5) is 0 Å². The van der Waals surface area contributed by atoms with Gasteiger partial charge in [0, 0.05) is 24.2 Å². The molecule has 0 aliphatic rings. The lowest BCUT2D eigenvalue weighted by Gasteiger charge is -1.79. The van der Waals surface area contributed by atoms with Gasteiger partial charge in [0.25, 0.3) is 0 Å². The molecule has 0 aromatic heterocycles. The molecule has 16 heavy (non-hydrogen) atoms. The van der Waals surface area contributed by atoms with Gasteiger partial charge in [-0.3, -0.25) is 0 Å². The number of carbonyl (C=O) groups is 2. The van der Waals surface area contributed by atoms with E-state index in [1.165, 1.54) is 13.8 Å². The molecule has 0 aromatic carbocycles. The van der Waals surface area contributed by atoms with Crippen LogP contribution in [0.25, 0.3) is 0 Å². The van der Waals surface area contributed by atoms with Gasteiger partial charge in [0.05, 0.1) is 0 Å².